The first-order valence-corrected chi connectivity index (χ1v) is 7.85. The summed E-state index contributed by atoms with van der Waals surface area (Å²) in [6.07, 6.45) is 7.16. The van der Waals surface area contributed by atoms with Gasteiger partial charge in [0.15, 0.2) is 0 Å². The molecule has 1 N–H and O–H groups in total. The lowest BCUT2D eigenvalue weighted by molar-refractivity contribution is 0.350. The molecule has 0 aliphatic heterocycles. The zero-order chi connectivity index (χ0) is 14.1. The average molecular weight is 289 g/mol. The maximum absolute atomic E-state index is 6.19. The zero-order valence-corrected chi connectivity index (χ0v) is 12.9. The number of aromatic nitrogens is 1. The van der Waals surface area contributed by atoms with Crippen LogP contribution in [0.5, 0.6) is 0 Å². The fourth-order valence-electron chi connectivity index (χ4n) is 3.19. The highest BCUT2D eigenvalue weighted by atomic mass is 35.5. The molecule has 1 saturated carbocycles. The van der Waals surface area contributed by atoms with Crippen LogP contribution in [0.15, 0.2) is 24.4 Å². The molecule has 0 bridgehead atoms. The van der Waals surface area contributed by atoms with E-state index >= 15 is 0 Å². The van der Waals surface area contributed by atoms with Crippen molar-refractivity contribution in [1.82, 2.24) is 4.98 Å². The maximum atomic E-state index is 6.19. The molecule has 0 spiro atoms. The standard InChI is InChI=1S/C17H21ClN2/c1-11-5-3-4-6-15(11)20-16-9-10-19-17-12(2)14(18)8-7-13(16)17/h7-11,15H,3-6H2,1-2H3,(H,19,20). The van der Waals surface area contributed by atoms with E-state index in [4.69, 9.17) is 11.6 Å². The van der Waals surface area contributed by atoms with Gasteiger partial charge in [0.25, 0.3) is 0 Å². The molecular formula is C17H21ClN2. The number of hydrogen-bond donors (Lipinski definition) is 1. The lowest BCUT2D eigenvalue weighted by atomic mass is 9.85. The minimum absolute atomic E-state index is 0.574. The van der Waals surface area contributed by atoms with E-state index < -0.39 is 0 Å². The number of nitrogens with one attached hydrogen (secondary N) is 1. The van der Waals surface area contributed by atoms with Crippen LogP contribution in [0.25, 0.3) is 10.9 Å². The van der Waals surface area contributed by atoms with Gasteiger partial charge in [-0.2, -0.15) is 0 Å². The van der Waals surface area contributed by atoms with Crippen molar-refractivity contribution in [3.8, 4) is 0 Å². The van der Waals surface area contributed by atoms with Gasteiger partial charge < -0.3 is 5.32 Å². The number of rotatable bonds is 2. The molecule has 1 fully saturated rings. The van der Waals surface area contributed by atoms with Gasteiger partial charge in [0, 0.05) is 28.3 Å². The van der Waals surface area contributed by atoms with Crippen LogP contribution in [-0.2, 0) is 0 Å². The SMILES string of the molecule is Cc1c(Cl)ccc2c(NC3CCCCC3C)ccnc12. The first-order valence-electron chi connectivity index (χ1n) is 7.47. The molecular weight excluding hydrogens is 268 g/mol. The second-order valence-electron chi connectivity index (χ2n) is 5.94. The van der Waals surface area contributed by atoms with E-state index in [0.717, 1.165) is 22.0 Å². The first kappa shape index (κ1) is 13.7. The second-order valence-corrected chi connectivity index (χ2v) is 6.35. The third-order valence-electron chi connectivity index (χ3n) is 4.55. The summed E-state index contributed by atoms with van der Waals surface area (Å²) in [6.45, 7) is 4.38. The Balaban J connectivity index is 1.97. The number of nitrogens with zero attached hydrogens (tertiary/aromatic N) is 1. The molecule has 0 amide bonds. The predicted molar refractivity (Wildman–Crippen MR) is 86.5 cm³/mol. The molecule has 2 unspecified atom stereocenters. The normalized spacial score (nSPS) is 22.9. The van der Waals surface area contributed by atoms with E-state index in [1.165, 1.54) is 36.8 Å². The minimum atomic E-state index is 0.574. The Labute approximate surface area is 125 Å². The molecule has 0 radical (unpaired) electrons. The van der Waals surface area contributed by atoms with Crippen molar-refractivity contribution in [3.05, 3.63) is 35.0 Å². The second kappa shape index (κ2) is 5.61. The van der Waals surface area contributed by atoms with Crippen molar-refractivity contribution in [2.45, 2.75) is 45.6 Å². The number of pyridine rings is 1. The summed E-state index contributed by atoms with van der Waals surface area (Å²) in [5.41, 5.74) is 3.25. The van der Waals surface area contributed by atoms with Crippen LogP contribution in [0.1, 0.15) is 38.2 Å². The van der Waals surface area contributed by atoms with Gasteiger partial charge in [0.05, 0.1) is 5.52 Å². The molecule has 1 aliphatic carbocycles. The van der Waals surface area contributed by atoms with Gasteiger partial charge in [-0.25, -0.2) is 0 Å². The van der Waals surface area contributed by atoms with Gasteiger partial charge in [-0.05, 0) is 49.4 Å². The van der Waals surface area contributed by atoms with Gasteiger partial charge in [-0.15, -0.1) is 0 Å². The average Bonchev–Trinajstić information content (AvgIpc) is 2.46. The van der Waals surface area contributed by atoms with Gasteiger partial charge in [-0.3, -0.25) is 4.98 Å². The monoisotopic (exact) mass is 288 g/mol. The minimum Gasteiger partial charge on any atom is -0.381 e. The van der Waals surface area contributed by atoms with E-state index in [2.05, 4.69) is 29.4 Å². The lowest BCUT2D eigenvalue weighted by Crippen LogP contribution is -2.30. The van der Waals surface area contributed by atoms with Gasteiger partial charge >= 0.3 is 0 Å². The molecule has 106 valence electrons. The maximum Gasteiger partial charge on any atom is 0.0766 e. The van der Waals surface area contributed by atoms with Crippen LogP contribution < -0.4 is 5.32 Å². The molecule has 3 rings (SSSR count). The number of aryl methyl sites for hydroxylation is 1. The number of anilines is 1. The van der Waals surface area contributed by atoms with Crippen LogP contribution in [0.3, 0.4) is 0 Å². The van der Waals surface area contributed by atoms with Gasteiger partial charge in [0.2, 0.25) is 0 Å². The highest BCUT2D eigenvalue weighted by Crippen LogP contribution is 2.32. The van der Waals surface area contributed by atoms with Crippen LogP contribution in [0, 0.1) is 12.8 Å². The molecule has 1 aromatic carbocycles. The van der Waals surface area contributed by atoms with E-state index in [-0.39, 0.29) is 0 Å². The number of fused-ring (bicyclic) bond motifs is 1. The van der Waals surface area contributed by atoms with E-state index in [9.17, 15) is 0 Å². The lowest BCUT2D eigenvalue weighted by Gasteiger charge is -2.30. The number of hydrogen-bond acceptors (Lipinski definition) is 2. The van der Waals surface area contributed by atoms with E-state index in [0.29, 0.717) is 6.04 Å². The van der Waals surface area contributed by atoms with Crippen molar-refractivity contribution in [1.29, 1.82) is 0 Å². The highest BCUT2D eigenvalue weighted by Gasteiger charge is 2.21. The number of benzene rings is 1. The molecule has 2 nitrogen and oxygen atoms in total. The Hall–Kier alpha value is -1.28. The summed E-state index contributed by atoms with van der Waals surface area (Å²) in [5, 5.41) is 5.70. The first-order chi connectivity index (χ1) is 9.66. The molecule has 1 aromatic heterocycles. The Morgan fingerprint density at radius 1 is 1.20 bits per heavy atom. The van der Waals surface area contributed by atoms with Gasteiger partial charge in [0.1, 0.15) is 0 Å². The molecule has 2 atom stereocenters. The Kier molecular flexibility index (Phi) is 3.84. The topological polar surface area (TPSA) is 24.9 Å². The summed E-state index contributed by atoms with van der Waals surface area (Å²) in [6, 6.07) is 6.70. The fraction of sp³-hybridized carbons (Fsp3) is 0.471. The third kappa shape index (κ3) is 2.49. The molecule has 2 aromatic rings. The van der Waals surface area contributed by atoms with E-state index in [1.54, 1.807) is 0 Å². The quantitative estimate of drug-likeness (QED) is 0.823. The van der Waals surface area contributed by atoms with Crippen molar-refractivity contribution >= 4 is 28.2 Å². The number of halogens is 1. The molecule has 20 heavy (non-hydrogen) atoms. The Morgan fingerprint density at radius 3 is 2.80 bits per heavy atom. The zero-order valence-electron chi connectivity index (χ0n) is 12.1. The Morgan fingerprint density at radius 2 is 2.00 bits per heavy atom. The molecule has 1 heterocycles. The summed E-state index contributed by atoms with van der Waals surface area (Å²) in [7, 11) is 0. The predicted octanol–water partition coefficient (Wildman–Crippen LogP) is 5.19. The van der Waals surface area contributed by atoms with Crippen molar-refractivity contribution in [2.75, 3.05) is 5.32 Å². The van der Waals surface area contributed by atoms with Crippen LogP contribution in [0.2, 0.25) is 5.02 Å². The highest BCUT2D eigenvalue weighted by molar-refractivity contribution is 6.32. The largest absolute Gasteiger partial charge is 0.381 e. The van der Waals surface area contributed by atoms with Gasteiger partial charge in [-0.1, -0.05) is 31.4 Å². The molecule has 0 saturated heterocycles. The summed E-state index contributed by atoms with van der Waals surface area (Å²) in [4.78, 5) is 4.49. The molecule has 1 aliphatic rings. The summed E-state index contributed by atoms with van der Waals surface area (Å²) >= 11 is 6.19. The fourth-order valence-corrected chi connectivity index (χ4v) is 3.34. The molecule has 3 heteroatoms. The van der Waals surface area contributed by atoms with Crippen molar-refractivity contribution in [2.24, 2.45) is 5.92 Å². The summed E-state index contributed by atoms with van der Waals surface area (Å²) < 4.78 is 0. The van der Waals surface area contributed by atoms with E-state index in [1.807, 2.05) is 19.2 Å². The van der Waals surface area contributed by atoms with Crippen molar-refractivity contribution in [3.63, 3.8) is 0 Å². The summed E-state index contributed by atoms with van der Waals surface area (Å²) in [5.74, 6) is 0.736. The smallest absolute Gasteiger partial charge is 0.0766 e. The van der Waals surface area contributed by atoms with Crippen LogP contribution in [0.4, 0.5) is 5.69 Å². The Bertz CT molecular complexity index is 624. The van der Waals surface area contributed by atoms with Crippen LogP contribution >= 0.6 is 11.6 Å². The third-order valence-corrected chi connectivity index (χ3v) is 4.96. The van der Waals surface area contributed by atoms with Crippen molar-refractivity contribution < 1.29 is 0 Å². The van der Waals surface area contributed by atoms with Crippen LogP contribution in [-0.4, -0.2) is 11.0 Å².